The molecule has 1 unspecified atom stereocenters. The third-order valence-corrected chi connectivity index (χ3v) is 4.18. The predicted octanol–water partition coefficient (Wildman–Crippen LogP) is 2.64. The number of carboxylic acids is 1. The van der Waals surface area contributed by atoms with E-state index < -0.39 is 12.1 Å². The number of rotatable bonds is 5. The number of hydrogen-bond donors (Lipinski definition) is 2. The number of amides is 1. The van der Waals surface area contributed by atoms with Gasteiger partial charge < -0.3 is 20.1 Å². The maximum Gasteiger partial charge on any atom is 0.306 e. The predicted molar refractivity (Wildman–Crippen MR) is 94.5 cm³/mol. The van der Waals surface area contributed by atoms with Crippen LogP contribution < -0.4 is 10.2 Å². The number of ether oxygens (including phenoxy) is 1. The van der Waals surface area contributed by atoms with Crippen molar-refractivity contribution in [1.82, 2.24) is 0 Å². The zero-order chi connectivity index (χ0) is 17.8. The molecular weight excluding hydrogens is 320 g/mol. The number of fused-ring (bicyclic) bond motifs is 1. The van der Waals surface area contributed by atoms with Crippen LogP contribution in [-0.4, -0.2) is 30.1 Å². The minimum absolute atomic E-state index is 0.215. The van der Waals surface area contributed by atoms with Crippen molar-refractivity contribution >= 4 is 23.3 Å². The number of carbonyl (C=O) groups is 2. The lowest BCUT2D eigenvalue weighted by molar-refractivity contribution is -0.145. The number of nitrogens with one attached hydrogen (secondary N) is 1. The molecule has 1 aliphatic heterocycles. The van der Waals surface area contributed by atoms with Crippen LogP contribution in [0, 0.1) is 0 Å². The van der Waals surface area contributed by atoms with Crippen LogP contribution in [-0.2, 0) is 27.5 Å². The number of nitrogens with zero attached hydrogens (tertiary/aromatic N) is 1. The molecule has 0 radical (unpaired) electrons. The summed E-state index contributed by atoms with van der Waals surface area (Å²) in [6, 6.07) is 15.3. The minimum atomic E-state index is -1.05. The Labute approximate surface area is 146 Å². The quantitative estimate of drug-likeness (QED) is 0.875. The van der Waals surface area contributed by atoms with Crippen molar-refractivity contribution in [3.8, 4) is 0 Å². The van der Waals surface area contributed by atoms with E-state index in [0.29, 0.717) is 6.54 Å². The molecule has 0 bridgehead atoms. The molecule has 130 valence electrons. The van der Waals surface area contributed by atoms with Crippen molar-refractivity contribution in [2.24, 2.45) is 0 Å². The van der Waals surface area contributed by atoms with E-state index >= 15 is 0 Å². The summed E-state index contributed by atoms with van der Waals surface area (Å²) in [6.07, 6.45) is -1.34. The van der Waals surface area contributed by atoms with E-state index in [1.54, 1.807) is 4.90 Å². The number of carbonyl (C=O) groups excluding carboxylic acids is 1. The SMILES string of the molecule is CNc1cccc(CN2C(=O)C(CC(=O)O)OCc3ccccc32)c1. The van der Waals surface area contributed by atoms with E-state index in [1.807, 2.05) is 55.6 Å². The van der Waals surface area contributed by atoms with Gasteiger partial charge in [0.05, 0.1) is 19.6 Å². The van der Waals surface area contributed by atoms with Gasteiger partial charge in [-0.3, -0.25) is 9.59 Å². The summed E-state index contributed by atoms with van der Waals surface area (Å²) in [5.74, 6) is -1.39. The molecule has 3 rings (SSSR count). The fourth-order valence-electron chi connectivity index (χ4n) is 2.93. The van der Waals surface area contributed by atoms with E-state index in [0.717, 1.165) is 22.5 Å². The van der Waals surface area contributed by atoms with Gasteiger partial charge in [0.2, 0.25) is 0 Å². The monoisotopic (exact) mass is 340 g/mol. The number of carboxylic acid groups (broad SMARTS) is 1. The molecule has 1 atom stereocenters. The molecule has 0 saturated heterocycles. The number of hydrogen-bond acceptors (Lipinski definition) is 4. The summed E-state index contributed by atoms with van der Waals surface area (Å²) < 4.78 is 5.58. The van der Waals surface area contributed by atoms with E-state index in [2.05, 4.69) is 5.32 Å². The highest BCUT2D eigenvalue weighted by atomic mass is 16.5. The third kappa shape index (κ3) is 3.80. The second kappa shape index (κ2) is 7.36. The zero-order valence-corrected chi connectivity index (χ0v) is 13.9. The molecule has 0 saturated carbocycles. The van der Waals surface area contributed by atoms with Gasteiger partial charge in [0, 0.05) is 24.0 Å². The van der Waals surface area contributed by atoms with Crippen molar-refractivity contribution in [3.63, 3.8) is 0 Å². The average molecular weight is 340 g/mol. The van der Waals surface area contributed by atoms with Crippen LogP contribution in [0.5, 0.6) is 0 Å². The van der Waals surface area contributed by atoms with Crippen molar-refractivity contribution in [3.05, 3.63) is 59.7 Å². The van der Waals surface area contributed by atoms with Crippen LogP contribution in [0.25, 0.3) is 0 Å². The molecule has 1 heterocycles. The lowest BCUT2D eigenvalue weighted by Crippen LogP contribution is -2.39. The van der Waals surface area contributed by atoms with Gasteiger partial charge in [-0.25, -0.2) is 0 Å². The molecule has 1 amide bonds. The van der Waals surface area contributed by atoms with Gasteiger partial charge >= 0.3 is 5.97 Å². The summed E-state index contributed by atoms with van der Waals surface area (Å²) in [4.78, 5) is 25.6. The standard InChI is InChI=1S/C19H20N2O4/c1-20-15-7-4-5-13(9-15)11-21-16-8-3-2-6-14(16)12-25-17(19(21)24)10-18(22)23/h2-9,17,20H,10-12H2,1H3,(H,22,23). The molecule has 0 aromatic heterocycles. The Kier molecular flexibility index (Phi) is 5.00. The highest BCUT2D eigenvalue weighted by Gasteiger charge is 2.32. The van der Waals surface area contributed by atoms with Gasteiger partial charge in [0.1, 0.15) is 6.10 Å². The summed E-state index contributed by atoms with van der Waals surface area (Å²) in [6.45, 7) is 0.567. The molecule has 0 spiro atoms. The Morgan fingerprint density at radius 3 is 2.84 bits per heavy atom. The summed E-state index contributed by atoms with van der Waals surface area (Å²) in [7, 11) is 1.84. The Morgan fingerprint density at radius 1 is 1.28 bits per heavy atom. The van der Waals surface area contributed by atoms with Crippen LogP contribution in [0.3, 0.4) is 0 Å². The smallest absolute Gasteiger partial charge is 0.306 e. The van der Waals surface area contributed by atoms with Crippen LogP contribution >= 0.6 is 0 Å². The van der Waals surface area contributed by atoms with Gasteiger partial charge in [-0.05, 0) is 23.8 Å². The van der Waals surface area contributed by atoms with Crippen LogP contribution in [0.1, 0.15) is 17.5 Å². The van der Waals surface area contributed by atoms with Crippen LogP contribution in [0.15, 0.2) is 48.5 Å². The second-order valence-electron chi connectivity index (χ2n) is 5.90. The highest BCUT2D eigenvalue weighted by Crippen LogP contribution is 2.29. The van der Waals surface area contributed by atoms with E-state index in [1.165, 1.54) is 0 Å². The number of anilines is 2. The number of benzene rings is 2. The topological polar surface area (TPSA) is 78.9 Å². The fraction of sp³-hybridized carbons (Fsp3) is 0.263. The second-order valence-corrected chi connectivity index (χ2v) is 5.90. The molecule has 6 nitrogen and oxygen atoms in total. The van der Waals surface area contributed by atoms with Gasteiger partial charge in [0.15, 0.2) is 0 Å². The number of aliphatic carboxylic acids is 1. The summed E-state index contributed by atoms with van der Waals surface area (Å²) >= 11 is 0. The maximum absolute atomic E-state index is 12.9. The lowest BCUT2D eigenvalue weighted by atomic mass is 10.1. The fourth-order valence-corrected chi connectivity index (χ4v) is 2.93. The highest BCUT2D eigenvalue weighted by molar-refractivity contribution is 5.99. The lowest BCUT2D eigenvalue weighted by Gasteiger charge is -2.25. The Balaban J connectivity index is 1.96. The van der Waals surface area contributed by atoms with Crippen molar-refractivity contribution in [2.75, 3.05) is 17.3 Å². The number of para-hydroxylation sites is 1. The molecule has 2 aromatic rings. The van der Waals surface area contributed by atoms with Crippen molar-refractivity contribution < 1.29 is 19.4 Å². The van der Waals surface area contributed by atoms with Crippen molar-refractivity contribution in [2.45, 2.75) is 25.7 Å². The zero-order valence-electron chi connectivity index (χ0n) is 13.9. The molecule has 25 heavy (non-hydrogen) atoms. The molecule has 2 N–H and O–H groups in total. The Morgan fingerprint density at radius 2 is 2.08 bits per heavy atom. The Hall–Kier alpha value is -2.86. The Bertz CT molecular complexity index is 790. The average Bonchev–Trinajstić information content (AvgIpc) is 2.74. The molecule has 1 aliphatic rings. The first-order valence-electron chi connectivity index (χ1n) is 8.08. The normalized spacial score (nSPS) is 16.9. The minimum Gasteiger partial charge on any atom is -0.481 e. The van der Waals surface area contributed by atoms with E-state index in [-0.39, 0.29) is 18.9 Å². The van der Waals surface area contributed by atoms with Gasteiger partial charge in [-0.1, -0.05) is 30.3 Å². The maximum atomic E-state index is 12.9. The van der Waals surface area contributed by atoms with Gasteiger partial charge in [-0.2, -0.15) is 0 Å². The van der Waals surface area contributed by atoms with Crippen LogP contribution in [0.2, 0.25) is 0 Å². The third-order valence-electron chi connectivity index (χ3n) is 4.18. The molecule has 2 aromatic carbocycles. The first kappa shape index (κ1) is 17.0. The largest absolute Gasteiger partial charge is 0.481 e. The van der Waals surface area contributed by atoms with E-state index in [9.17, 15) is 9.59 Å². The summed E-state index contributed by atoms with van der Waals surface area (Å²) in [5.41, 5.74) is 3.53. The molecule has 0 aliphatic carbocycles. The van der Waals surface area contributed by atoms with Gasteiger partial charge in [0.25, 0.3) is 5.91 Å². The van der Waals surface area contributed by atoms with E-state index in [4.69, 9.17) is 9.84 Å². The molecule has 6 heteroatoms. The first-order valence-corrected chi connectivity index (χ1v) is 8.08. The van der Waals surface area contributed by atoms with Crippen molar-refractivity contribution in [1.29, 1.82) is 0 Å². The molecule has 0 fully saturated rings. The van der Waals surface area contributed by atoms with Gasteiger partial charge in [-0.15, -0.1) is 0 Å². The van der Waals surface area contributed by atoms with Crippen LogP contribution in [0.4, 0.5) is 11.4 Å². The summed E-state index contributed by atoms with van der Waals surface area (Å²) in [5, 5.41) is 12.2. The first-order chi connectivity index (χ1) is 12.1. The molecular formula is C19H20N2O4.